The SMILES string of the molecule is CNC1CCCN(C(=O)c2ccc(NC(=O)CSc3cccs3)cc2)C1.Cl. The summed E-state index contributed by atoms with van der Waals surface area (Å²) < 4.78 is 1.13. The Kier molecular flexibility index (Phi) is 8.63. The number of rotatable bonds is 6. The van der Waals surface area contributed by atoms with Gasteiger partial charge in [-0.3, -0.25) is 9.59 Å². The van der Waals surface area contributed by atoms with E-state index in [-0.39, 0.29) is 24.2 Å². The Bertz CT molecular complexity index is 738. The van der Waals surface area contributed by atoms with Crippen LogP contribution in [-0.4, -0.2) is 48.6 Å². The number of anilines is 1. The number of carbonyl (C=O) groups is 2. The molecule has 1 aromatic heterocycles. The second kappa shape index (κ2) is 10.7. The number of likely N-dealkylation sites (N-methyl/N-ethyl adjacent to an activating group) is 1. The summed E-state index contributed by atoms with van der Waals surface area (Å²) in [5, 5.41) is 8.12. The number of thiophene rings is 1. The van der Waals surface area contributed by atoms with Crippen LogP contribution in [0.4, 0.5) is 5.69 Å². The normalized spacial score (nSPS) is 16.5. The predicted molar refractivity (Wildman–Crippen MR) is 115 cm³/mol. The second-order valence-corrected chi connectivity index (χ2v) is 8.45. The van der Waals surface area contributed by atoms with E-state index >= 15 is 0 Å². The first kappa shape index (κ1) is 21.8. The molecule has 0 aliphatic carbocycles. The molecule has 0 bridgehead atoms. The minimum atomic E-state index is -0.0460. The van der Waals surface area contributed by atoms with Crippen molar-refractivity contribution in [2.24, 2.45) is 0 Å². The van der Waals surface area contributed by atoms with Crippen molar-refractivity contribution in [3.63, 3.8) is 0 Å². The van der Waals surface area contributed by atoms with E-state index in [2.05, 4.69) is 10.6 Å². The number of thioether (sulfide) groups is 1. The van der Waals surface area contributed by atoms with Gasteiger partial charge in [0.05, 0.1) is 9.96 Å². The number of hydrogen-bond donors (Lipinski definition) is 2. The van der Waals surface area contributed by atoms with Crippen LogP contribution in [0.1, 0.15) is 23.2 Å². The summed E-state index contributed by atoms with van der Waals surface area (Å²) in [5.74, 6) is 0.381. The molecular weight excluding hydrogens is 402 g/mol. The van der Waals surface area contributed by atoms with Gasteiger partial charge in [0, 0.05) is 30.4 Å². The van der Waals surface area contributed by atoms with Crippen molar-refractivity contribution in [2.75, 3.05) is 31.2 Å². The lowest BCUT2D eigenvalue weighted by molar-refractivity contribution is -0.113. The van der Waals surface area contributed by atoms with E-state index in [1.807, 2.05) is 29.5 Å². The van der Waals surface area contributed by atoms with Crippen molar-refractivity contribution in [1.29, 1.82) is 0 Å². The number of nitrogens with one attached hydrogen (secondary N) is 2. The third kappa shape index (κ3) is 6.24. The molecule has 2 aromatic rings. The standard InChI is InChI=1S/C19H23N3O2S2.ClH/c1-20-16-4-2-10-22(12-16)19(24)14-6-8-15(9-7-14)21-17(23)13-26-18-5-3-11-25-18;/h3,5-9,11,16,20H,2,4,10,12-13H2,1H3,(H,21,23);1H. The Morgan fingerprint density at radius 1 is 1.26 bits per heavy atom. The fraction of sp³-hybridized carbons (Fsp3) is 0.368. The second-order valence-electron chi connectivity index (χ2n) is 6.23. The first-order valence-electron chi connectivity index (χ1n) is 8.68. The molecule has 1 aromatic carbocycles. The number of amides is 2. The monoisotopic (exact) mass is 425 g/mol. The van der Waals surface area contributed by atoms with E-state index in [0.29, 0.717) is 23.0 Å². The van der Waals surface area contributed by atoms with Gasteiger partial charge in [0.2, 0.25) is 5.91 Å². The van der Waals surface area contributed by atoms with E-state index in [4.69, 9.17) is 0 Å². The van der Waals surface area contributed by atoms with Crippen molar-refractivity contribution in [3.8, 4) is 0 Å². The van der Waals surface area contributed by atoms with Gasteiger partial charge in [0.1, 0.15) is 0 Å². The molecule has 2 heterocycles. The van der Waals surface area contributed by atoms with E-state index in [1.165, 1.54) is 11.8 Å². The van der Waals surface area contributed by atoms with E-state index in [0.717, 1.165) is 30.1 Å². The van der Waals surface area contributed by atoms with Crippen LogP contribution < -0.4 is 10.6 Å². The van der Waals surface area contributed by atoms with Crippen LogP contribution in [0.3, 0.4) is 0 Å². The molecule has 0 radical (unpaired) electrons. The number of piperidine rings is 1. The number of hydrogen-bond acceptors (Lipinski definition) is 5. The zero-order chi connectivity index (χ0) is 18.4. The van der Waals surface area contributed by atoms with Gasteiger partial charge in [-0.2, -0.15) is 0 Å². The highest BCUT2D eigenvalue weighted by Gasteiger charge is 2.23. The molecule has 1 aliphatic rings. The summed E-state index contributed by atoms with van der Waals surface area (Å²) in [7, 11) is 1.94. The molecule has 8 heteroatoms. The maximum Gasteiger partial charge on any atom is 0.253 e. The van der Waals surface area contributed by atoms with Gasteiger partial charge in [-0.05, 0) is 55.6 Å². The summed E-state index contributed by atoms with van der Waals surface area (Å²) >= 11 is 3.15. The predicted octanol–water partition coefficient (Wildman–Crippen LogP) is 3.72. The summed E-state index contributed by atoms with van der Waals surface area (Å²) in [6, 6.07) is 11.5. The zero-order valence-electron chi connectivity index (χ0n) is 15.1. The molecule has 27 heavy (non-hydrogen) atoms. The molecule has 2 amide bonds. The molecule has 0 spiro atoms. The summed E-state index contributed by atoms with van der Waals surface area (Å²) in [6.45, 7) is 1.54. The molecule has 0 saturated carbocycles. The highest BCUT2D eigenvalue weighted by molar-refractivity contribution is 8.01. The molecule has 1 saturated heterocycles. The highest BCUT2D eigenvalue weighted by Crippen LogP contribution is 2.23. The summed E-state index contributed by atoms with van der Waals surface area (Å²) in [4.78, 5) is 26.6. The Morgan fingerprint density at radius 2 is 2.04 bits per heavy atom. The Morgan fingerprint density at radius 3 is 2.70 bits per heavy atom. The highest BCUT2D eigenvalue weighted by atomic mass is 35.5. The van der Waals surface area contributed by atoms with Crippen molar-refractivity contribution in [2.45, 2.75) is 23.1 Å². The van der Waals surface area contributed by atoms with E-state index in [9.17, 15) is 9.59 Å². The molecule has 1 aliphatic heterocycles. The van der Waals surface area contributed by atoms with Crippen molar-refractivity contribution in [1.82, 2.24) is 10.2 Å². The topological polar surface area (TPSA) is 61.4 Å². The largest absolute Gasteiger partial charge is 0.337 e. The Labute approximate surface area is 174 Å². The van der Waals surface area contributed by atoms with Crippen LogP contribution in [0, 0.1) is 0 Å². The Balaban J connectivity index is 0.00000261. The number of carbonyl (C=O) groups excluding carboxylic acids is 2. The zero-order valence-corrected chi connectivity index (χ0v) is 17.6. The number of nitrogens with zero attached hydrogens (tertiary/aromatic N) is 1. The van der Waals surface area contributed by atoms with Gasteiger partial charge >= 0.3 is 0 Å². The Hall–Kier alpha value is -1.54. The number of likely N-dealkylation sites (tertiary alicyclic amines) is 1. The molecular formula is C19H24ClN3O2S2. The first-order valence-corrected chi connectivity index (χ1v) is 10.5. The summed E-state index contributed by atoms with van der Waals surface area (Å²) in [6.07, 6.45) is 2.13. The van der Waals surface area contributed by atoms with Crippen molar-refractivity contribution < 1.29 is 9.59 Å². The van der Waals surface area contributed by atoms with E-state index < -0.39 is 0 Å². The van der Waals surface area contributed by atoms with Crippen LogP contribution in [0.5, 0.6) is 0 Å². The van der Waals surface area contributed by atoms with Gasteiger partial charge in [-0.1, -0.05) is 6.07 Å². The van der Waals surface area contributed by atoms with Gasteiger partial charge in [0.15, 0.2) is 0 Å². The molecule has 5 nitrogen and oxygen atoms in total. The van der Waals surface area contributed by atoms with Gasteiger partial charge in [-0.15, -0.1) is 35.5 Å². The van der Waals surface area contributed by atoms with Crippen LogP contribution >= 0.6 is 35.5 Å². The number of benzene rings is 1. The third-order valence-electron chi connectivity index (χ3n) is 4.37. The average molecular weight is 426 g/mol. The smallest absolute Gasteiger partial charge is 0.253 e. The molecule has 2 N–H and O–H groups in total. The molecule has 3 rings (SSSR count). The fourth-order valence-electron chi connectivity index (χ4n) is 2.96. The summed E-state index contributed by atoms with van der Waals surface area (Å²) in [5.41, 5.74) is 1.37. The molecule has 146 valence electrons. The molecule has 1 atom stereocenters. The van der Waals surface area contributed by atoms with Crippen molar-refractivity contribution >= 4 is 53.0 Å². The van der Waals surface area contributed by atoms with Crippen LogP contribution in [0.15, 0.2) is 46.0 Å². The molecule has 1 fully saturated rings. The minimum Gasteiger partial charge on any atom is -0.337 e. The maximum atomic E-state index is 12.6. The lowest BCUT2D eigenvalue weighted by Gasteiger charge is -2.32. The lowest BCUT2D eigenvalue weighted by atomic mass is 10.0. The van der Waals surface area contributed by atoms with Crippen LogP contribution in [0.25, 0.3) is 0 Å². The quantitative estimate of drug-likeness (QED) is 0.692. The fourth-order valence-corrected chi connectivity index (χ4v) is 4.54. The lowest BCUT2D eigenvalue weighted by Crippen LogP contribution is -2.46. The van der Waals surface area contributed by atoms with Gasteiger partial charge < -0.3 is 15.5 Å². The minimum absolute atomic E-state index is 0. The van der Waals surface area contributed by atoms with Crippen LogP contribution in [-0.2, 0) is 4.79 Å². The van der Waals surface area contributed by atoms with Crippen LogP contribution in [0.2, 0.25) is 0 Å². The van der Waals surface area contributed by atoms with E-state index in [1.54, 1.807) is 35.6 Å². The number of halogens is 1. The third-order valence-corrected chi connectivity index (χ3v) is 6.50. The molecule has 1 unspecified atom stereocenters. The average Bonchev–Trinajstić information content (AvgIpc) is 3.20. The van der Waals surface area contributed by atoms with Gasteiger partial charge in [-0.25, -0.2) is 0 Å². The van der Waals surface area contributed by atoms with Crippen molar-refractivity contribution in [3.05, 3.63) is 47.3 Å². The van der Waals surface area contributed by atoms with Gasteiger partial charge in [0.25, 0.3) is 5.91 Å². The first-order chi connectivity index (χ1) is 12.7. The maximum absolute atomic E-state index is 12.6.